The van der Waals surface area contributed by atoms with Crippen LogP contribution in [0, 0.1) is 0 Å². The first-order valence-electron chi connectivity index (χ1n) is 13.9. The topological polar surface area (TPSA) is 71.1 Å². The van der Waals surface area contributed by atoms with E-state index in [0.717, 1.165) is 55.4 Å². The van der Waals surface area contributed by atoms with Gasteiger partial charge in [0.25, 0.3) is 0 Å². The van der Waals surface area contributed by atoms with Gasteiger partial charge < -0.3 is 18.9 Å². The fourth-order valence-electron chi connectivity index (χ4n) is 4.82. The van der Waals surface area contributed by atoms with Crippen LogP contribution in [-0.4, -0.2) is 44.8 Å². The van der Waals surface area contributed by atoms with Gasteiger partial charge in [-0.1, -0.05) is 60.7 Å². The number of hydrogen-bond donors (Lipinski definition) is 0. The molecule has 3 aromatic carbocycles. The molecule has 0 amide bonds. The average molecular weight is 531 g/mol. The van der Waals surface area contributed by atoms with Crippen LogP contribution in [0.4, 0.5) is 0 Å². The van der Waals surface area contributed by atoms with E-state index in [1.807, 2.05) is 48.5 Å². The summed E-state index contributed by atoms with van der Waals surface area (Å²) in [7, 11) is 1.39. The SMILES string of the molecule is COC(=O)C(Cc1ccccc1)OCCCCCOc1ccc2c(c1CCCc1ccccc1)OCCC2=O. The molecule has 1 atom stereocenters. The molecule has 39 heavy (non-hydrogen) atoms. The van der Waals surface area contributed by atoms with Crippen molar-refractivity contribution >= 4 is 11.8 Å². The van der Waals surface area contributed by atoms with E-state index in [2.05, 4.69) is 24.3 Å². The predicted octanol–water partition coefficient (Wildman–Crippen LogP) is 6.18. The van der Waals surface area contributed by atoms with Crippen molar-refractivity contribution in [2.45, 2.75) is 57.5 Å². The Kier molecular flexibility index (Phi) is 11.0. The van der Waals surface area contributed by atoms with Gasteiger partial charge in [0.2, 0.25) is 0 Å². The third kappa shape index (κ3) is 8.42. The Labute approximate surface area is 231 Å². The lowest BCUT2D eigenvalue weighted by molar-refractivity contribution is -0.154. The summed E-state index contributed by atoms with van der Waals surface area (Å²) in [6.45, 7) is 1.45. The summed E-state index contributed by atoms with van der Waals surface area (Å²) in [5.74, 6) is 1.26. The summed E-state index contributed by atoms with van der Waals surface area (Å²) >= 11 is 0. The fraction of sp³-hybridized carbons (Fsp3) is 0.394. The standard InChI is InChI=1S/C33H38O6/c1-36-33(35)31(24-26-14-7-3-8-15-26)38-22-10-4-9-21-37-30-19-18-27-29(34)20-23-39-32(27)28(30)17-11-16-25-12-5-2-6-13-25/h2-3,5-8,12-15,18-19,31H,4,9-11,16-17,20-24H2,1H3. The number of hydrogen-bond acceptors (Lipinski definition) is 6. The van der Waals surface area contributed by atoms with Crippen LogP contribution in [-0.2, 0) is 33.5 Å². The molecule has 0 aliphatic carbocycles. The zero-order valence-corrected chi connectivity index (χ0v) is 22.7. The van der Waals surface area contributed by atoms with Gasteiger partial charge in [-0.05, 0) is 61.8 Å². The molecule has 1 aliphatic rings. The van der Waals surface area contributed by atoms with Crippen LogP contribution in [0.1, 0.15) is 59.2 Å². The lowest BCUT2D eigenvalue weighted by atomic mass is 9.96. The third-order valence-electron chi connectivity index (χ3n) is 6.92. The molecule has 0 fully saturated rings. The molecule has 0 N–H and O–H groups in total. The van der Waals surface area contributed by atoms with E-state index in [4.69, 9.17) is 18.9 Å². The van der Waals surface area contributed by atoms with Crippen molar-refractivity contribution < 1.29 is 28.5 Å². The first-order valence-corrected chi connectivity index (χ1v) is 13.9. The van der Waals surface area contributed by atoms with Crippen molar-refractivity contribution in [3.63, 3.8) is 0 Å². The molecule has 1 aliphatic heterocycles. The minimum absolute atomic E-state index is 0.129. The van der Waals surface area contributed by atoms with Crippen LogP contribution in [0.15, 0.2) is 72.8 Å². The number of benzene rings is 3. The Morgan fingerprint density at radius 3 is 2.31 bits per heavy atom. The smallest absolute Gasteiger partial charge is 0.335 e. The highest BCUT2D eigenvalue weighted by molar-refractivity contribution is 6.00. The monoisotopic (exact) mass is 530 g/mol. The highest BCUT2D eigenvalue weighted by Gasteiger charge is 2.24. The first kappa shape index (κ1) is 28.4. The van der Waals surface area contributed by atoms with Crippen molar-refractivity contribution in [1.82, 2.24) is 0 Å². The maximum absolute atomic E-state index is 12.5. The molecule has 0 aromatic heterocycles. The maximum Gasteiger partial charge on any atom is 0.335 e. The van der Waals surface area contributed by atoms with Gasteiger partial charge in [-0.3, -0.25) is 4.79 Å². The summed E-state index contributed by atoms with van der Waals surface area (Å²) in [6, 6.07) is 24.0. The number of carbonyl (C=O) groups is 2. The van der Waals surface area contributed by atoms with Gasteiger partial charge in [-0.15, -0.1) is 0 Å². The van der Waals surface area contributed by atoms with Crippen molar-refractivity contribution in [2.24, 2.45) is 0 Å². The molecular formula is C33H38O6. The number of Topliss-reactive ketones (excluding diaryl/α,β-unsaturated/α-hetero) is 1. The lowest BCUT2D eigenvalue weighted by Gasteiger charge is -2.22. The fourth-order valence-corrected chi connectivity index (χ4v) is 4.82. The second-order valence-corrected chi connectivity index (χ2v) is 9.76. The van der Waals surface area contributed by atoms with Gasteiger partial charge in [0.05, 0.1) is 25.9 Å². The number of unbranched alkanes of at least 4 members (excludes halogenated alkanes) is 2. The van der Waals surface area contributed by atoms with Gasteiger partial charge in [0, 0.05) is 25.0 Å². The molecule has 0 spiro atoms. The summed E-state index contributed by atoms with van der Waals surface area (Å²) in [4.78, 5) is 24.6. The van der Waals surface area contributed by atoms with E-state index >= 15 is 0 Å². The van der Waals surface area contributed by atoms with Gasteiger partial charge in [-0.2, -0.15) is 0 Å². The zero-order chi connectivity index (χ0) is 27.3. The number of ketones is 1. The second kappa shape index (κ2) is 15.1. The Hall–Kier alpha value is -3.64. The summed E-state index contributed by atoms with van der Waals surface area (Å²) in [6.07, 6.45) is 5.55. The van der Waals surface area contributed by atoms with Crippen molar-refractivity contribution in [2.75, 3.05) is 26.9 Å². The van der Waals surface area contributed by atoms with Gasteiger partial charge in [0.1, 0.15) is 11.5 Å². The molecule has 4 rings (SSSR count). The molecule has 0 saturated heterocycles. The number of aryl methyl sites for hydroxylation is 1. The zero-order valence-electron chi connectivity index (χ0n) is 22.7. The molecule has 0 bridgehead atoms. The number of rotatable bonds is 15. The molecule has 6 nitrogen and oxygen atoms in total. The van der Waals surface area contributed by atoms with Gasteiger partial charge in [-0.25, -0.2) is 4.79 Å². The summed E-state index contributed by atoms with van der Waals surface area (Å²) in [5.41, 5.74) is 3.98. The van der Waals surface area contributed by atoms with E-state index < -0.39 is 6.10 Å². The van der Waals surface area contributed by atoms with Crippen LogP contribution in [0.25, 0.3) is 0 Å². The third-order valence-corrected chi connectivity index (χ3v) is 6.92. The Bertz CT molecular complexity index is 1190. The highest BCUT2D eigenvalue weighted by Crippen LogP contribution is 2.37. The largest absolute Gasteiger partial charge is 0.493 e. The van der Waals surface area contributed by atoms with Crippen molar-refractivity contribution in [1.29, 1.82) is 0 Å². The second-order valence-electron chi connectivity index (χ2n) is 9.76. The van der Waals surface area contributed by atoms with E-state index in [1.165, 1.54) is 12.7 Å². The molecule has 0 radical (unpaired) electrons. The quantitative estimate of drug-likeness (QED) is 0.173. The molecule has 1 heterocycles. The van der Waals surface area contributed by atoms with Crippen LogP contribution < -0.4 is 9.47 Å². The van der Waals surface area contributed by atoms with Crippen LogP contribution >= 0.6 is 0 Å². The highest BCUT2D eigenvalue weighted by atomic mass is 16.6. The molecular weight excluding hydrogens is 492 g/mol. The number of fused-ring (bicyclic) bond motifs is 1. The molecule has 3 aromatic rings. The number of carbonyl (C=O) groups excluding carboxylic acids is 2. The minimum atomic E-state index is -0.606. The van der Waals surface area contributed by atoms with E-state index in [1.54, 1.807) is 0 Å². The van der Waals surface area contributed by atoms with Gasteiger partial charge >= 0.3 is 5.97 Å². The van der Waals surface area contributed by atoms with Gasteiger partial charge in [0.15, 0.2) is 11.9 Å². The first-order chi connectivity index (χ1) is 19.2. The van der Waals surface area contributed by atoms with E-state index in [9.17, 15) is 9.59 Å². The molecule has 6 heteroatoms. The maximum atomic E-state index is 12.5. The molecule has 206 valence electrons. The van der Waals surface area contributed by atoms with Crippen LogP contribution in [0.5, 0.6) is 11.5 Å². The number of ether oxygens (including phenoxy) is 4. The minimum Gasteiger partial charge on any atom is -0.493 e. The predicted molar refractivity (Wildman–Crippen MR) is 151 cm³/mol. The molecule has 0 saturated carbocycles. The average Bonchev–Trinajstić information content (AvgIpc) is 2.97. The van der Waals surface area contributed by atoms with E-state index in [0.29, 0.717) is 44.0 Å². The number of methoxy groups -OCH3 is 1. The van der Waals surface area contributed by atoms with Crippen molar-refractivity contribution in [3.05, 3.63) is 95.1 Å². The van der Waals surface area contributed by atoms with Crippen molar-refractivity contribution in [3.8, 4) is 11.5 Å². The Morgan fingerprint density at radius 2 is 1.56 bits per heavy atom. The summed E-state index contributed by atoms with van der Waals surface area (Å²) < 4.78 is 23.0. The number of esters is 1. The summed E-state index contributed by atoms with van der Waals surface area (Å²) in [5, 5.41) is 0. The van der Waals surface area contributed by atoms with Crippen LogP contribution in [0.3, 0.4) is 0 Å². The molecule has 1 unspecified atom stereocenters. The Balaban J connectivity index is 1.26. The normalized spacial score (nSPS) is 13.3. The Morgan fingerprint density at radius 1 is 0.846 bits per heavy atom. The van der Waals surface area contributed by atoms with Crippen LogP contribution in [0.2, 0.25) is 0 Å². The lowest BCUT2D eigenvalue weighted by Crippen LogP contribution is -2.28. The van der Waals surface area contributed by atoms with E-state index in [-0.39, 0.29) is 11.8 Å².